The molecule has 1 aromatic carbocycles. The smallest absolute Gasteiger partial charge is 0.277 e. The quantitative estimate of drug-likeness (QED) is 0.487. The normalized spacial score (nSPS) is 15.5. The summed E-state index contributed by atoms with van der Waals surface area (Å²) in [6.07, 6.45) is 4.20. The third-order valence-electron chi connectivity index (χ3n) is 5.64. The molecular formula is C23H25ClN6O3. The molecule has 9 nitrogen and oxygen atoms in total. The van der Waals surface area contributed by atoms with E-state index in [1.807, 2.05) is 19.1 Å². The maximum Gasteiger partial charge on any atom is 0.277 e. The molecule has 1 aliphatic rings. The number of fused-ring (bicyclic) bond motifs is 1. The van der Waals surface area contributed by atoms with Crippen LogP contribution in [0.25, 0.3) is 0 Å². The van der Waals surface area contributed by atoms with Crippen molar-refractivity contribution in [2.75, 3.05) is 18.2 Å². The van der Waals surface area contributed by atoms with Crippen LogP contribution in [0.3, 0.4) is 0 Å². The highest BCUT2D eigenvalue weighted by molar-refractivity contribution is 6.30. The molecule has 2 aromatic heterocycles. The lowest BCUT2D eigenvalue weighted by molar-refractivity contribution is -0.124. The molecule has 0 saturated heterocycles. The van der Waals surface area contributed by atoms with Gasteiger partial charge in [-0.25, -0.2) is 9.97 Å². The van der Waals surface area contributed by atoms with Crippen LogP contribution < -0.4 is 26.7 Å². The van der Waals surface area contributed by atoms with Crippen molar-refractivity contribution in [3.63, 3.8) is 0 Å². The van der Waals surface area contributed by atoms with E-state index in [1.54, 1.807) is 31.5 Å². The van der Waals surface area contributed by atoms with Crippen molar-refractivity contribution in [3.05, 3.63) is 75.1 Å². The predicted octanol–water partition coefficient (Wildman–Crippen LogP) is 2.86. The largest absolute Gasteiger partial charge is 0.497 e. The van der Waals surface area contributed by atoms with E-state index in [0.29, 0.717) is 47.5 Å². The van der Waals surface area contributed by atoms with Crippen LogP contribution in [-0.2, 0) is 17.8 Å². The molecule has 1 aliphatic heterocycles. The first-order chi connectivity index (χ1) is 15.9. The van der Waals surface area contributed by atoms with Crippen LogP contribution >= 0.6 is 11.6 Å². The minimum absolute atomic E-state index is 0.237. The Labute approximate surface area is 196 Å². The zero-order valence-corrected chi connectivity index (χ0v) is 19.1. The van der Waals surface area contributed by atoms with Gasteiger partial charge in [0.1, 0.15) is 29.1 Å². The topological polar surface area (TPSA) is 124 Å². The maximum atomic E-state index is 13.2. The summed E-state index contributed by atoms with van der Waals surface area (Å²) in [7, 11) is 1.56. The van der Waals surface area contributed by atoms with Crippen molar-refractivity contribution in [3.8, 4) is 5.75 Å². The van der Waals surface area contributed by atoms with E-state index in [1.165, 1.54) is 10.8 Å². The minimum atomic E-state index is -0.628. The summed E-state index contributed by atoms with van der Waals surface area (Å²) in [5.74, 6) is 1.40. The number of amides is 1. The van der Waals surface area contributed by atoms with Gasteiger partial charge in [-0.3, -0.25) is 14.2 Å². The fourth-order valence-electron chi connectivity index (χ4n) is 3.88. The highest BCUT2D eigenvalue weighted by Crippen LogP contribution is 2.25. The summed E-state index contributed by atoms with van der Waals surface area (Å²) < 4.78 is 6.71. The molecule has 0 radical (unpaired) electrons. The second-order valence-electron chi connectivity index (χ2n) is 7.92. The summed E-state index contributed by atoms with van der Waals surface area (Å²) in [6.45, 7) is 2.21. The van der Waals surface area contributed by atoms with Gasteiger partial charge in [-0.05, 0) is 48.7 Å². The van der Waals surface area contributed by atoms with Gasteiger partial charge in [0.05, 0.1) is 19.3 Å². The van der Waals surface area contributed by atoms with E-state index in [2.05, 4.69) is 20.6 Å². The molecule has 0 aliphatic carbocycles. The van der Waals surface area contributed by atoms with Crippen LogP contribution in [-0.4, -0.2) is 27.6 Å². The Balaban J connectivity index is 1.50. The lowest BCUT2D eigenvalue weighted by Gasteiger charge is -2.19. The number of nitrogens with zero attached hydrogens (tertiary/aromatic N) is 3. The fourth-order valence-corrected chi connectivity index (χ4v) is 4.13. The molecule has 4 N–H and O–H groups in total. The molecule has 0 spiro atoms. The first-order valence-electron chi connectivity index (χ1n) is 10.5. The van der Waals surface area contributed by atoms with Gasteiger partial charge >= 0.3 is 0 Å². The Morgan fingerprint density at radius 3 is 2.85 bits per heavy atom. The van der Waals surface area contributed by atoms with Crippen LogP contribution in [0.4, 0.5) is 11.5 Å². The number of carbonyl (C=O) groups excluding carboxylic acids is 1. The zero-order chi connectivity index (χ0) is 23.5. The first kappa shape index (κ1) is 22.6. The second kappa shape index (κ2) is 9.50. The third-order valence-corrected chi connectivity index (χ3v) is 5.86. The number of ether oxygens (including phenoxy) is 1. The van der Waals surface area contributed by atoms with Gasteiger partial charge in [0.25, 0.3) is 5.56 Å². The summed E-state index contributed by atoms with van der Waals surface area (Å²) in [4.78, 5) is 34.7. The van der Waals surface area contributed by atoms with E-state index >= 15 is 0 Å². The van der Waals surface area contributed by atoms with Gasteiger partial charge in [-0.2, -0.15) is 0 Å². The monoisotopic (exact) mass is 468 g/mol. The van der Waals surface area contributed by atoms with Gasteiger partial charge in [0, 0.05) is 24.2 Å². The molecule has 0 unspecified atom stereocenters. The Morgan fingerprint density at radius 2 is 2.12 bits per heavy atom. The molecule has 10 heteroatoms. The number of pyridine rings is 1. The number of carbonyl (C=O) groups is 1. The minimum Gasteiger partial charge on any atom is -0.497 e. The summed E-state index contributed by atoms with van der Waals surface area (Å²) >= 11 is 6.13. The molecule has 0 bridgehead atoms. The molecular weight excluding hydrogens is 444 g/mol. The maximum absolute atomic E-state index is 13.2. The Bertz CT molecular complexity index is 1230. The highest BCUT2D eigenvalue weighted by Gasteiger charge is 2.31. The predicted molar refractivity (Wildman–Crippen MR) is 126 cm³/mol. The molecule has 3 heterocycles. The summed E-state index contributed by atoms with van der Waals surface area (Å²) in [5, 5.41) is 6.61. The molecule has 0 saturated carbocycles. The number of nitrogens with one attached hydrogen (secondary N) is 2. The molecule has 4 rings (SSSR count). The third kappa shape index (κ3) is 4.93. The van der Waals surface area contributed by atoms with Gasteiger partial charge in [-0.1, -0.05) is 17.7 Å². The number of benzene rings is 1. The van der Waals surface area contributed by atoms with Crippen LogP contribution in [0.1, 0.15) is 42.4 Å². The van der Waals surface area contributed by atoms with Crippen molar-refractivity contribution < 1.29 is 9.53 Å². The molecule has 2 atom stereocenters. The molecule has 3 aromatic rings. The van der Waals surface area contributed by atoms with Crippen LogP contribution in [0.15, 0.2) is 47.5 Å². The number of hydrogen-bond acceptors (Lipinski definition) is 7. The van der Waals surface area contributed by atoms with E-state index < -0.39 is 6.04 Å². The average Bonchev–Trinajstić information content (AvgIpc) is 3.24. The fraction of sp³-hybridized carbons (Fsp3) is 0.304. The Hall–Kier alpha value is -3.59. The van der Waals surface area contributed by atoms with Crippen molar-refractivity contribution in [1.29, 1.82) is 0 Å². The number of aromatic nitrogens is 3. The Kier molecular flexibility index (Phi) is 6.50. The Morgan fingerprint density at radius 1 is 1.30 bits per heavy atom. The number of rotatable bonds is 7. The number of nitrogens with two attached hydrogens (primary N) is 1. The number of nitrogen functional groups attached to an aromatic ring is 1. The number of methoxy groups -OCH3 is 1. The molecule has 33 heavy (non-hydrogen) atoms. The molecule has 172 valence electrons. The van der Waals surface area contributed by atoms with E-state index in [0.717, 1.165) is 11.1 Å². The van der Waals surface area contributed by atoms with Crippen molar-refractivity contribution in [2.45, 2.75) is 38.4 Å². The van der Waals surface area contributed by atoms with E-state index in [9.17, 15) is 9.59 Å². The van der Waals surface area contributed by atoms with Gasteiger partial charge in [-0.15, -0.1) is 0 Å². The lowest BCUT2D eigenvalue weighted by atomic mass is 10.1. The first-order valence-corrected chi connectivity index (χ1v) is 10.9. The van der Waals surface area contributed by atoms with E-state index in [-0.39, 0.29) is 17.5 Å². The lowest BCUT2D eigenvalue weighted by Crippen LogP contribution is -2.37. The van der Waals surface area contributed by atoms with Crippen LogP contribution in [0, 0.1) is 0 Å². The zero-order valence-electron chi connectivity index (χ0n) is 18.3. The second-order valence-corrected chi connectivity index (χ2v) is 8.35. The average molecular weight is 469 g/mol. The SMILES string of the molecule is COc1cc(Cl)cc(CNc2cnc3n(c2=O)[C@@H](C(=O)N[C@H](C)c2ccc(N)nc2)CC3)c1. The van der Waals surface area contributed by atoms with Gasteiger partial charge in [0.15, 0.2) is 0 Å². The van der Waals surface area contributed by atoms with Crippen LogP contribution in [0.5, 0.6) is 5.75 Å². The van der Waals surface area contributed by atoms with Crippen LogP contribution in [0.2, 0.25) is 5.02 Å². The highest BCUT2D eigenvalue weighted by atomic mass is 35.5. The number of aryl methyl sites for hydroxylation is 1. The number of halogens is 1. The molecule has 1 amide bonds. The van der Waals surface area contributed by atoms with E-state index in [4.69, 9.17) is 22.1 Å². The van der Waals surface area contributed by atoms with Gasteiger partial charge < -0.3 is 21.1 Å². The van der Waals surface area contributed by atoms with Crippen molar-refractivity contribution in [1.82, 2.24) is 19.9 Å². The standard InChI is InChI=1S/C23H25ClN6O3/c1-13(15-3-5-20(25)27-11-15)29-22(31)19-4-6-21-28-12-18(23(32)30(19)21)26-10-14-7-16(24)9-17(8-14)33-2/h3,5,7-9,11-13,19,26H,4,6,10H2,1-2H3,(H2,25,27)(H,29,31)/t13-,19-/m1/s1. The molecule has 0 fully saturated rings. The van der Waals surface area contributed by atoms with Crippen molar-refractivity contribution in [2.24, 2.45) is 0 Å². The van der Waals surface area contributed by atoms with Crippen molar-refractivity contribution >= 4 is 29.0 Å². The van der Waals surface area contributed by atoms with Gasteiger partial charge in [0.2, 0.25) is 5.91 Å². The summed E-state index contributed by atoms with van der Waals surface area (Å²) in [6, 6.07) is 7.93. The number of anilines is 2. The summed E-state index contributed by atoms with van der Waals surface area (Å²) in [5.41, 5.74) is 7.34. The number of hydrogen-bond donors (Lipinski definition) is 3.